The number of hydrogen-bond acceptors (Lipinski definition) is 2. The van der Waals surface area contributed by atoms with Gasteiger partial charge in [-0.2, -0.15) is 0 Å². The predicted octanol–water partition coefficient (Wildman–Crippen LogP) is 1.47. The minimum absolute atomic E-state index is 0.243. The lowest BCUT2D eigenvalue weighted by Crippen LogP contribution is -2.32. The van der Waals surface area contributed by atoms with E-state index in [9.17, 15) is 0 Å². The Morgan fingerprint density at radius 2 is 2.21 bits per heavy atom. The molecule has 3 N–H and O–H groups in total. The van der Waals surface area contributed by atoms with Crippen molar-refractivity contribution in [3.63, 3.8) is 0 Å². The Morgan fingerprint density at radius 1 is 1.43 bits per heavy atom. The summed E-state index contributed by atoms with van der Waals surface area (Å²) >= 11 is 0. The molecule has 0 aliphatic heterocycles. The van der Waals surface area contributed by atoms with Gasteiger partial charge in [-0.1, -0.05) is 29.8 Å². The molecule has 0 aromatic heterocycles. The average Bonchev–Trinajstić information content (AvgIpc) is 2.12. The van der Waals surface area contributed by atoms with Crippen LogP contribution >= 0.6 is 0 Å². The fourth-order valence-electron chi connectivity index (χ4n) is 1.43. The molecule has 1 aromatic carbocycles. The number of hydrogen-bond donors (Lipinski definition) is 2. The zero-order valence-corrected chi connectivity index (χ0v) is 9.09. The van der Waals surface area contributed by atoms with Gasteiger partial charge >= 0.3 is 0 Å². The fourth-order valence-corrected chi connectivity index (χ4v) is 1.43. The normalized spacial score (nSPS) is 12.8. The molecule has 2 nitrogen and oxygen atoms in total. The molecule has 14 heavy (non-hydrogen) atoms. The highest BCUT2D eigenvalue weighted by Gasteiger charge is 1.95. The van der Waals surface area contributed by atoms with Gasteiger partial charge in [0.1, 0.15) is 0 Å². The second kappa shape index (κ2) is 5.78. The molecule has 1 aromatic rings. The summed E-state index contributed by atoms with van der Waals surface area (Å²) in [5.41, 5.74) is 8.35. The lowest BCUT2D eigenvalue weighted by Gasteiger charge is -2.07. The minimum atomic E-state index is 0.243. The van der Waals surface area contributed by atoms with Crippen molar-refractivity contribution >= 4 is 0 Å². The molecule has 0 aliphatic carbocycles. The van der Waals surface area contributed by atoms with Crippen molar-refractivity contribution in [1.29, 1.82) is 0 Å². The first-order valence-corrected chi connectivity index (χ1v) is 5.20. The Kier molecular flexibility index (Phi) is 4.63. The molecule has 0 amide bonds. The van der Waals surface area contributed by atoms with Crippen molar-refractivity contribution in [2.75, 3.05) is 13.1 Å². The predicted molar refractivity (Wildman–Crippen MR) is 61.4 cm³/mol. The van der Waals surface area contributed by atoms with Gasteiger partial charge in [0.25, 0.3) is 0 Å². The number of rotatable bonds is 5. The topological polar surface area (TPSA) is 38.0 Å². The van der Waals surface area contributed by atoms with Crippen LogP contribution in [0.25, 0.3) is 0 Å². The highest BCUT2D eigenvalue weighted by Crippen LogP contribution is 2.03. The summed E-state index contributed by atoms with van der Waals surface area (Å²) in [4.78, 5) is 0. The van der Waals surface area contributed by atoms with Crippen LogP contribution < -0.4 is 11.1 Å². The first kappa shape index (κ1) is 11.2. The highest BCUT2D eigenvalue weighted by atomic mass is 14.9. The third-order valence-corrected chi connectivity index (χ3v) is 2.14. The van der Waals surface area contributed by atoms with Crippen LogP contribution in [-0.2, 0) is 6.42 Å². The van der Waals surface area contributed by atoms with Crippen LogP contribution in [0.5, 0.6) is 0 Å². The summed E-state index contributed by atoms with van der Waals surface area (Å²) < 4.78 is 0. The van der Waals surface area contributed by atoms with Crippen molar-refractivity contribution in [3.05, 3.63) is 35.4 Å². The molecule has 1 rings (SSSR count). The SMILES string of the molecule is Cc1cccc(CCNCC(C)N)c1. The molecule has 1 unspecified atom stereocenters. The number of nitrogens with two attached hydrogens (primary N) is 1. The largest absolute Gasteiger partial charge is 0.327 e. The van der Waals surface area contributed by atoms with E-state index in [0.29, 0.717) is 0 Å². The van der Waals surface area contributed by atoms with Gasteiger partial charge in [0.05, 0.1) is 0 Å². The maximum atomic E-state index is 5.63. The van der Waals surface area contributed by atoms with Crippen molar-refractivity contribution < 1.29 is 0 Å². The quantitative estimate of drug-likeness (QED) is 0.693. The van der Waals surface area contributed by atoms with Crippen LogP contribution in [0.3, 0.4) is 0 Å². The molecule has 1 atom stereocenters. The third-order valence-electron chi connectivity index (χ3n) is 2.14. The fraction of sp³-hybridized carbons (Fsp3) is 0.500. The van der Waals surface area contributed by atoms with E-state index in [2.05, 4.69) is 36.5 Å². The Labute approximate surface area is 86.5 Å². The third kappa shape index (κ3) is 4.40. The van der Waals surface area contributed by atoms with Gasteiger partial charge in [0.2, 0.25) is 0 Å². The molecule has 0 aliphatic rings. The standard InChI is InChI=1S/C12H20N2/c1-10-4-3-5-12(8-10)6-7-14-9-11(2)13/h3-5,8,11,14H,6-7,9,13H2,1-2H3. The maximum absolute atomic E-state index is 5.63. The number of aryl methyl sites for hydroxylation is 1. The van der Waals surface area contributed by atoms with E-state index in [4.69, 9.17) is 5.73 Å². The van der Waals surface area contributed by atoms with Gasteiger partial charge < -0.3 is 11.1 Å². The van der Waals surface area contributed by atoms with Crippen LogP contribution in [0, 0.1) is 6.92 Å². The Balaban J connectivity index is 2.25. The molecule has 0 bridgehead atoms. The molecule has 0 saturated carbocycles. The Bertz CT molecular complexity index is 269. The van der Waals surface area contributed by atoms with Crippen molar-refractivity contribution in [2.24, 2.45) is 5.73 Å². The van der Waals surface area contributed by atoms with E-state index >= 15 is 0 Å². The molecule has 0 saturated heterocycles. The van der Waals surface area contributed by atoms with Gasteiger partial charge in [0.15, 0.2) is 0 Å². The smallest absolute Gasteiger partial charge is 0.0136 e. The van der Waals surface area contributed by atoms with Crippen molar-refractivity contribution in [3.8, 4) is 0 Å². The zero-order chi connectivity index (χ0) is 10.4. The van der Waals surface area contributed by atoms with Gasteiger partial charge in [0, 0.05) is 12.6 Å². The van der Waals surface area contributed by atoms with E-state index in [1.54, 1.807) is 0 Å². The molecule has 0 heterocycles. The van der Waals surface area contributed by atoms with Crippen LogP contribution in [-0.4, -0.2) is 19.1 Å². The van der Waals surface area contributed by atoms with Crippen LogP contribution in [0.4, 0.5) is 0 Å². The summed E-state index contributed by atoms with van der Waals surface area (Å²) in [5.74, 6) is 0. The van der Waals surface area contributed by atoms with E-state index in [0.717, 1.165) is 19.5 Å². The molecular formula is C12H20N2. The lowest BCUT2D eigenvalue weighted by atomic mass is 10.1. The average molecular weight is 192 g/mol. The summed E-state index contributed by atoms with van der Waals surface area (Å²) in [6.07, 6.45) is 1.08. The summed E-state index contributed by atoms with van der Waals surface area (Å²) in [6, 6.07) is 8.87. The zero-order valence-electron chi connectivity index (χ0n) is 9.09. The summed E-state index contributed by atoms with van der Waals surface area (Å²) in [5, 5.41) is 3.33. The van der Waals surface area contributed by atoms with Crippen LogP contribution in [0.15, 0.2) is 24.3 Å². The highest BCUT2D eigenvalue weighted by molar-refractivity contribution is 5.22. The number of benzene rings is 1. The van der Waals surface area contributed by atoms with Crippen molar-refractivity contribution in [2.45, 2.75) is 26.3 Å². The van der Waals surface area contributed by atoms with E-state index in [1.807, 2.05) is 6.92 Å². The Morgan fingerprint density at radius 3 is 2.86 bits per heavy atom. The summed E-state index contributed by atoms with van der Waals surface area (Å²) in [7, 11) is 0. The monoisotopic (exact) mass is 192 g/mol. The van der Waals surface area contributed by atoms with E-state index in [-0.39, 0.29) is 6.04 Å². The van der Waals surface area contributed by atoms with E-state index < -0.39 is 0 Å². The van der Waals surface area contributed by atoms with Gasteiger partial charge in [-0.3, -0.25) is 0 Å². The van der Waals surface area contributed by atoms with E-state index in [1.165, 1.54) is 11.1 Å². The molecule has 2 heteroatoms. The minimum Gasteiger partial charge on any atom is -0.327 e. The first-order chi connectivity index (χ1) is 6.68. The molecule has 0 spiro atoms. The molecular weight excluding hydrogens is 172 g/mol. The van der Waals surface area contributed by atoms with Crippen LogP contribution in [0.2, 0.25) is 0 Å². The Hall–Kier alpha value is -0.860. The van der Waals surface area contributed by atoms with Gasteiger partial charge in [-0.25, -0.2) is 0 Å². The molecule has 78 valence electrons. The maximum Gasteiger partial charge on any atom is 0.0136 e. The van der Waals surface area contributed by atoms with Crippen molar-refractivity contribution in [1.82, 2.24) is 5.32 Å². The molecule has 0 fully saturated rings. The second-order valence-electron chi connectivity index (χ2n) is 3.92. The second-order valence-corrected chi connectivity index (χ2v) is 3.92. The summed E-state index contributed by atoms with van der Waals surface area (Å²) in [6.45, 7) is 6.04. The number of nitrogens with one attached hydrogen (secondary N) is 1. The lowest BCUT2D eigenvalue weighted by molar-refractivity contribution is 0.609. The van der Waals surface area contributed by atoms with Crippen LogP contribution in [0.1, 0.15) is 18.1 Å². The first-order valence-electron chi connectivity index (χ1n) is 5.20. The van der Waals surface area contributed by atoms with Gasteiger partial charge in [-0.15, -0.1) is 0 Å². The van der Waals surface area contributed by atoms with Gasteiger partial charge in [-0.05, 0) is 32.4 Å². The molecule has 0 radical (unpaired) electrons.